The van der Waals surface area contributed by atoms with Gasteiger partial charge in [0.25, 0.3) is 5.24 Å². The van der Waals surface area contributed by atoms with Gasteiger partial charge in [0.2, 0.25) is 0 Å². The molecule has 0 saturated carbocycles. The lowest BCUT2D eigenvalue weighted by atomic mass is 10.2. The van der Waals surface area contributed by atoms with E-state index in [-0.39, 0.29) is 16.9 Å². The first kappa shape index (κ1) is 15.9. The van der Waals surface area contributed by atoms with Crippen molar-refractivity contribution in [2.45, 2.75) is 19.5 Å². The Balaban J connectivity index is 2.30. The third-order valence-corrected chi connectivity index (χ3v) is 4.69. The Morgan fingerprint density at radius 1 is 1.39 bits per heavy atom. The van der Waals surface area contributed by atoms with Crippen LogP contribution >= 0.6 is 22.9 Å². The van der Waals surface area contributed by atoms with Gasteiger partial charge in [-0.1, -0.05) is 6.92 Å². The van der Waals surface area contributed by atoms with E-state index >= 15 is 0 Å². The van der Waals surface area contributed by atoms with Gasteiger partial charge >= 0.3 is 6.18 Å². The molecule has 0 aromatic carbocycles. The van der Waals surface area contributed by atoms with E-state index in [1.807, 2.05) is 13.0 Å². The molecule has 0 atom stereocenters. The Labute approximate surface area is 137 Å². The summed E-state index contributed by atoms with van der Waals surface area (Å²) >= 11 is 6.76. The minimum Gasteiger partial charge on any atom is -0.275 e. The molecule has 3 aromatic rings. The molecule has 0 amide bonds. The summed E-state index contributed by atoms with van der Waals surface area (Å²) in [5.74, 6) is 0. The number of fused-ring (bicyclic) bond motifs is 1. The first-order valence-electron chi connectivity index (χ1n) is 6.56. The molecule has 0 saturated heterocycles. The highest BCUT2D eigenvalue weighted by atomic mass is 35.5. The van der Waals surface area contributed by atoms with Crippen LogP contribution in [0.15, 0.2) is 24.4 Å². The molecule has 0 aliphatic carbocycles. The summed E-state index contributed by atoms with van der Waals surface area (Å²) in [7, 11) is 0. The lowest BCUT2D eigenvalue weighted by Crippen LogP contribution is -2.13. The highest BCUT2D eigenvalue weighted by molar-refractivity contribution is 7.15. The number of thiophene rings is 1. The number of aryl methyl sites for hydroxylation is 1. The lowest BCUT2D eigenvalue weighted by Gasteiger charge is -2.10. The van der Waals surface area contributed by atoms with Crippen LogP contribution < -0.4 is 0 Å². The van der Waals surface area contributed by atoms with Crippen LogP contribution in [0, 0.1) is 0 Å². The molecule has 120 valence electrons. The molecule has 3 aromatic heterocycles. The van der Waals surface area contributed by atoms with Crippen LogP contribution in [0.3, 0.4) is 0 Å². The van der Waals surface area contributed by atoms with E-state index in [1.165, 1.54) is 11.3 Å². The second kappa shape index (κ2) is 5.61. The van der Waals surface area contributed by atoms with Gasteiger partial charge in [0.05, 0.1) is 22.3 Å². The number of hydrogen-bond acceptors (Lipinski definition) is 4. The summed E-state index contributed by atoms with van der Waals surface area (Å²) in [5.41, 5.74) is -1.24. The SMILES string of the molecule is CCc1ccc(-c2cc(C(F)(F)F)n3ncc(C(=O)Cl)c3n2)s1. The largest absolute Gasteiger partial charge is 0.433 e. The Bertz CT molecular complexity index is 900. The number of nitrogens with zero attached hydrogens (tertiary/aromatic N) is 3. The monoisotopic (exact) mass is 359 g/mol. The summed E-state index contributed by atoms with van der Waals surface area (Å²) in [5, 5.41) is 2.69. The van der Waals surface area contributed by atoms with Crippen LogP contribution in [-0.2, 0) is 12.6 Å². The second-order valence-corrected chi connectivity index (χ2v) is 6.22. The van der Waals surface area contributed by atoms with Crippen molar-refractivity contribution in [2.75, 3.05) is 0 Å². The van der Waals surface area contributed by atoms with Crippen molar-refractivity contribution in [2.24, 2.45) is 0 Å². The zero-order valence-electron chi connectivity index (χ0n) is 11.7. The van der Waals surface area contributed by atoms with E-state index in [1.54, 1.807) is 6.07 Å². The Kier molecular flexibility index (Phi) is 3.89. The molecule has 0 radical (unpaired) electrons. The van der Waals surface area contributed by atoms with Crippen LogP contribution in [0.25, 0.3) is 16.2 Å². The average Bonchev–Trinajstić information content (AvgIpc) is 3.11. The minimum atomic E-state index is -4.64. The van der Waals surface area contributed by atoms with Gasteiger partial charge in [-0.3, -0.25) is 4.79 Å². The fraction of sp³-hybridized carbons (Fsp3) is 0.214. The molecular weight excluding hydrogens is 351 g/mol. The van der Waals surface area contributed by atoms with E-state index in [0.29, 0.717) is 9.39 Å². The summed E-state index contributed by atoms with van der Waals surface area (Å²) in [6.45, 7) is 1.95. The maximum Gasteiger partial charge on any atom is 0.433 e. The number of carbonyl (C=O) groups excluding carboxylic acids is 1. The summed E-state index contributed by atoms with van der Waals surface area (Å²) in [4.78, 5) is 17.1. The molecule has 9 heteroatoms. The minimum absolute atomic E-state index is 0.134. The number of halogens is 4. The fourth-order valence-corrected chi connectivity index (χ4v) is 3.18. The predicted molar refractivity (Wildman–Crippen MR) is 80.9 cm³/mol. The molecular formula is C14H9ClF3N3OS. The van der Waals surface area contributed by atoms with Gasteiger partial charge in [-0.15, -0.1) is 11.3 Å². The molecule has 23 heavy (non-hydrogen) atoms. The van der Waals surface area contributed by atoms with Crippen molar-refractivity contribution in [3.05, 3.63) is 40.5 Å². The molecule has 0 N–H and O–H groups in total. The summed E-state index contributed by atoms with van der Waals surface area (Å²) in [6.07, 6.45) is -2.88. The first-order chi connectivity index (χ1) is 10.8. The molecule has 4 nitrogen and oxygen atoms in total. The van der Waals surface area contributed by atoms with Crippen LogP contribution in [0.4, 0.5) is 13.2 Å². The van der Waals surface area contributed by atoms with Crippen molar-refractivity contribution < 1.29 is 18.0 Å². The topological polar surface area (TPSA) is 47.3 Å². The average molecular weight is 360 g/mol. The zero-order valence-corrected chi connectivity index (χ0v) is 13.3. The van der Waals surface area contributed by atoms with Crippen LogP contribution in [0.5, 0.6) is 0 Å². The highest BCUT2D eigenvalue weighted by Gasteiger charge is 2.36. The van der Waals surface area contributed by atoms with Crippen molar-refractivity contribution in [3.8, 4) is 10.6 Å². The van der Waals surface area contributed by atoms with Gasteiger partial charge in [-0.25, -0.2) is 9.50 Å². The van der Waals surface area contributed by atoms with Gasteiger partial charge in [0.15, 0.2) is 11.3 Å². The number of rotatable bonds is 3. The Morgan fingerprint density at radius 2 is 2.13 bits per heavy atom. The van der Waals surface area contributed by atoms with Crippen molar-refractivity contribution in [1.82, 2.24) is 14.6 Å². The lowest BCUT2D eigenvalue weighted by molar-refractivity contribution is -0.142. The van der Waals surface area contributed by atoms with Gasteiger partial charge in [0.1, 0.15) is 0 Å². The molecule has 0 aliphatic rings. The maximum absolute atomic E-state index is 13.3. The van der Waals surface area contributed by atoms with E-state index in [9.17, 15) is 18.0 Å². The third kappa shape index (κ3) is 2.84. The first-order valence-corrected chi connectivity index (χ1v) is 7.75. The predicted octanol–water partition coefficient (Wildman–Crippen LogP) is 4.42. The number of alkyl halides is 3. The van der Waals surface area contributed by atoms with E-state index in [2.05, 4.69) is 10.1 Å². The normalized spacial score (nSPS) is 12.0. The fourth-order valence-electron chi connectivity index (χ4n) is 2.14. The third-order valence-electron chi connectivity index (χ3n) is 3.24. The smallest absolute Gasteiger partial charge is 0.275 e. The molecule has 0 aliphatic heterocycles. The standard InChI is InChI=1S/C14H9ClF3N3OS/c1-2-7-3-4-10(23-7)9-5-11(14(16,17)18)21-13(20-9)8(6-19-21)12(15)22/h3-6H,2H2,1H3. The second-order valence-electron chi connectivity index (χ2n) is 4.71. The molecule has 0 bridgehead atoms. The van der Waals surface area contributed by atoms with Gasteiger partial charge in [-0.2, -0.15) is 18.3 Å². The van der Waals surface area contributed by atoms with Crippen LogP contribution in [-0.4, -0.2) is 19.8 Å². The quantitative estimate of drug-likeness (QED) is 0.650. The highest BCUT2D eigenvalue weighted by Crippen LogP contribution is 2.34. The molecule has 0 spiro atoms. The number of aromatic nitrogens is 3. The summed E-state index contributed by atoms with van der Waals surface area (Å²) < 4.78 is 40.5. The van der Waals surface area contributed by atoms with E-state index < -0.39 is 17.1 Å². The zero-order chi connectivity index (χ0) is 16.8. The number of carbonyl (C=O) groups is 1. The molecule has 3 heterocycles. The van der Waals surface area contributed by atoms with Crippen molar-refractivity contribution >= 4 is 33.8 Å². The molecule has 3 rings (SSSR count). The van der Waals surface area contributed by atoms with Crippen LogP contribution in [0.1, 0.15) is 27.9 Å². The Hall–Kier alpha value is -1.93. The van der Waals surface area contributed by atoms with Gasteiger partial charge in [-0.05, 0) is 36.2 Å². The number of hydrogen-bond donors (Lipinski definition) is 0. The van der Waals surface area contributed by atoms with Gasteiger partial charge < -0.3 is 0 Å². The molecule has 0 fully saturated rings. The Morgan fingerprint density at radius 3 is 2.70 bits per heavy atom. The van der Waals surface area contributed by atoms with E-state index in [4.69, 9.17) is 11.6 Å². The molecule has 0 unspecified atom stereocenters. The summed E-state index contributed by atoms with van der Waals surface area (Å²) in [6, 6.07) is 4.47. The van der Waals surface area contributed by atoms with E-state index in [0.717, 1.165) is 23.6 Å². The van der Waals surface area contributed by atoms with Crippen LogP contribution in [0.2, 0.25) is 0 Å². The van der Waals surface area contributed by atoms with Crippen molar-refractivity contribution in [3.63, 3.8) is 0 Å². The van der Waals surface area contributed by atoms with Gasteiger partial charge in [0, 0.05) is 4.88 Å². The maximum atomic E-state index is 13.3. The van der Waals surface area contributed by atoms with Crippen molar-refractivity contribution in [1.29, 1.82) is 0 Å².